The summed E-state index contributed by atoms with van der Waals surface area (Å²) in [6.07, 6.45) is 1.27. The minimum atomic E-state index is -0.407. The van der Waals surface area contributed by atoms with Crippen molar-refractivity contribution < 1.29 is 0 Å². The first-order chi connectivity index (χ1) is 7.52. The highest BCUT2D eigenvalue weighted by Crippen LogP contribution is 2.23. The molecule has 16 heavy (non-hydrogen) atoms. The van der Waals surface area contributed by atoms with Crippen LogP contribution in [0.1, 0.15) is 11.4 Å². The number of hydrogen-bond donors (Lipinski definition) is 1. The molecule has 2 rings (SSSR count). The van der Waals surface area contributed by atoms with Crippen molar-refractivity contribution in [1.82, 2.24) is 19.7 Å². The van der Waals surface area contributed by atoms with Crippen LogP contribution in [0.25, 0.3) is 5.82 Å². The van der Waals surface area contributed by atoms with E-state index in [4.69, 9.17) is 23.2 Å². The molecule has 0 saturated heterocycles. The number of hydrogen-bond acceptors (Lipinski definition) is 3. The van der Waals surface area contributed by atoms with Crippen molar-refractivity contribution in [2.45, 2.75) is 13.8 Å². The molecule has 0 saturated carbocycles. The lowest BCUT2D eigenvalue weighted by Crippen LogP contribution is -2.13. The van der Waals surface area contributed by atoms with Crippen molar-refractivity contribution in [3.05, 3.63) is 38.1 Å². The zero-order valence-electron chi connectivity index (χ0n) is 8.58. The summed E-state index contributed by atoms with van der Waals surface area (Å²) >= 11 is 11.9. The van der Waals surface area contributed by atoms with Crippen LogP contribution < -0.4 is 5.56 Å². The fourth-order valence-electron chi connectivity index (χ4n) is 1.35. The molecule has 2 aromatic rings. The molecule has 0 atom stereocenters. The third-order valence-corrected chi connectivity index (χ3v) is 3.07. The number of aromatic amines is 1. The van der Waals surface area contributed by atoms with Gasteiger partial charge in [0.15, 0.2) is 10.8 Å². The second-order valence-electron chi connectivity index (χ2n) is 3.27. The van der Waals surface area contributed by atoms with E-state index in [9.17, 15) is 4.79 Å². The quantitative estimate of drug-likeness (QED) is 0.850. The molecule has 0 aliphatic rings. The lowest BCUT2D eigenvalue weighted by Gasteiger charge is -2.03. The topological polar surface area (TPSA) is 63.6 Å². The van der Waals surface area contributed by atoms with Crippen LogP contribution in [-0.2, 0) is 0 Å². The van der Waals surface area contributed by atoms with Gasteiger partial charge in [-0.25, -0.2) is 9.67 Å². The molecule has 5 nitrogen and oxygen atoms in total. The number of nitrogens with zero attached hydrogens (tertiary/aromatic N) is 3. The van der Waals surface area contributed by atoms with E-state index >= 15 is 0 Å². The normalized spacial score (nSPS) is 10.8. The van der Waals surface area contributed by atoms with Crippen LogP contribution in [0.15, 0.2) is 11.1 Å². The molecule has 84 valence electrons. The lowest BCUT2D eigenvalue weighted by atomic mass is 10.4. The van der Waals surface area contributed by atoms with Crippen LogP contribution >= 0.6 is 23.2 Å². The summed E-state index contributed by atoms with van der Waals surface area (Å²) in [7, 11) is 0. The van der Waals surface area contributed by atoms with Gasteiger partial charge < -0.3 is 4.98 Å². The van der Waals surface area contributed by atoms with Gasteiger partial charge in [0.05, 0.1) is 22.7 Å². The van der Waals surface area contributed by atoms with Gasteiger partial charge in [-0.2, -0.15) is 5.10 Å². The van der Waals surface area contributed by atoms with E-state index in [-0.39, 0.29) is 10.8 Å². The zero-order chi connectivity index (χ0) is 11.9. The Bertz CT molecular complexity index is 602. The summed E-state index contributed by atoms with van der Waals surface area (Å²) in [6, 6.07) is 0. The van der Waals surface area contributed by atoms with E-state index in [1.54, 1.807) is 13.8 Å². The number of aryl methyl sites for hydroxylation is 1. The summed E-state index contributed by atoms with van der Waals surface area (Å²) in [4.78, 5) is 17.7. The summed E-state index contributed by atoms with van der Waals surface area (Å²) in [5.41, 5.74) is 0.951. The molecule has 2 heterocycles. The minimum absolute atomic E-state index is 0.00948. The molecule has 1 N–H and O–H groups in total. The Hall–Kier alpha value is -1.33. The van der Waals surface area contributed by atoms with Crippen LogP contribution in [0, 0.1) is 13.8 Å². The number of nitrogens with one attached hydrogen (secondary N) is 1. The maximum Gasteiger partial charge on any atom is 0.271 e. The molecule has 0 amide bonds. The van der Waals surface area contributed by atoms with E-state index < -0.39 is 5.56 Å². The largest absolute Gasteiger partial charge is 0.312 e. The molecule has 0 fully saturated rings. The molecule has 0 unspecified atom stereocenters. The lowest BCUT2D eigenvalue weighted by molar-refractivity contribution is 0.798. The summed E-state index contributed by atoms with van der Waals surface area (Å²) in [5, 5.41) is 4.70. The predicted octanol–water partition coefficient (Wildman–Crippen LogP) is 1.88. The number of rotatable bonds is 1. The molecule has 0 aromatic carbocycles. The Morgan fingerprint density at radius 3 is 2.56 bits per heavy atom. The zero-order valence-corrected chi connectivity index (χ0v) is 10.1. The van der Waals surface area contributed by atoms with Crippen LogP contribution in [0.2, 0.25) is 10.0 Å². The van der Waals surface area contributed by atoms with Gasteiger partial charge in [-0.05, 0) is 13.8 Å². The van der Waals surface area contributed by atoms with Gasteiger partial charge in [0.1, 0.15) is 0 Å². The number of H-pyrrole nitrogens is 1. The van der Waals surface area contributed by atoms with Gasteiger partial charge in [-0.15, -0.1) is 0 Å². The Morgan fingerprint density at radius 1 is 1.31 bits per heavy atom. The van der Waals surface area contributed by atoms with E-state index in [0.717, 1.165) is 0 Å². The first kappa shape index (κ1) is 11.2. The van der Waals surface area contributed by atoms with Crippen LogP contribution in [0.5, 0.6) is 0 Å². The van der Waals surface area contributed by atoms with E-state index in [0.29, 0.717) is 16.4 Å². The first-order valence-electron chi connectivity index (χ1n) is 4.47. The van der Waals surface area contributed by atoms with Crippen LogP contribution in [0.3, 0.4) is 0 Å². The Balaban J connectivity index is 2.73. The van der Waals surface area contributed by atoms with Gasteiger partial charge in [0.25, 0.3) is 5.56 Å². The summed E-state index contributed by atoms with van der Waals surface area (Å²) in [5.74, 6) is 0.276. The highest BCUT2D eigenvalue weighted by Gasteiger charge is 2.15. The van der Waals surface area contributed by atoms with Crippen molar-refractivity contribution in [3.8, 4) is 5.82 Å². The average molecular weight is 259 g/mol. The van der Waals surface area contributed by atoms with Crippen molar-refractivity contribution >= 4 is 23.2 Å². The molecule has 7 heteroatoms. The van der Waals surface area contributed by atoms with E-state index in [1.807, 2.05) is 0 Å². The van der Waals surface area contributed by atoms with Crippen molar-refractivity contribution in [1.29, 1.82) is 0 Å². The smallest absolute Gasteiger partial charge is 0.271 e. The third-order valence-electron chi connectivity index (χ3n) is 2.18. The maximum absolute atomic E-state index is 11.3. The third kappa shape index (κ3) is 1.62. The highest BCUT2D eigenvalue weighted by atomic mass is 35.5. The molecule has 0 bridgehead atoms. The van der Waals surface area contributed by atoms with Gasteiger partial charge in [-0.3, -0.25) is 4.79 Å². The molecule has 0 radical (unpaired) electrons. The Labute approximate surface area is 101 Å². The fourth-order valence-corrected chi connectivity index (χ4v) is 1.65. The van der Waals surface area contributed by atoms with Crippen molar-refractivity contribution in [2.75, 3.05) is 0 Å². The molecular weight excluding hydrogens is 251 g/mol. The SMILES string of the molecule is Cc1nn(-c2nc[nH]c(=O)c2Cl)c(C)c1Cl. The summed E-state index contributed by atoms with van der Waals surface area (Å²) in [6.45, 7) is 3.55. The maximum atomic E-state index is 11.3. The van der Waals surface area contributed by atoms with E-state index in [2.05, 4.69) is 15.1 Å². The summed E-state index contributed by atoms with van der Waals surface area (Å²) < 4.78 is 1.45. The highest BCUT2D eigenvalue weighted by molar-refractivity contribution is 6.32. The van der Waals surface area contributed by atoms with Gasteiger partial charge in [0, 0.05) is 0 Å². The second-order valence-corrected chi connectivity index (χ2v) is 4.02. The minimum Gasteiger partial charge on any atom is -0.312 e. The Kier molecular flexibility index (Phi) is 2.73. The standard InChI is InChI=1S/C9H8Cl2N4O/c1-4-6(10)5(2)15(14-4)8-7(11)9(16)13-3-12-8/h3H,1-2H3,(H,12,13,16). The van der Waals surface area contributed by atoms with Crippen LogP contribution in [0.4, 0.5) is 0 Å². The Morgan fingerprint density at radius 2 is 2.00 bits per heavy atom. The number of halogens is 2. The van der Waals surface area contributed by atoms with Gasteiger partial charge >= 0.3 is 0 Å². The van der Waals surface area contributed by atoms with Gasteiger partial charge in [0.2, 0.25) is 0 Å². The second kappa shape index (κ2) is 3.92. The molecule has 0 aliphatic heterocycles. The van der Waals surface area contributed by atoms with Crippen LogP contribution in [-0.4, -0.2) is 19.7 Å². The molecule has 0 spiro atoms. The molecule has 2 aromatic heterocycles. The van der Waals surface area contributed by atoms with E-state index in [1.165, 1.54) is 11.0 Å². The average Bonchev–Trinajstić information content (AvgIpc) is 2.50. The molecule has 0 aliphatic carbocycles. The predicted molar refractivity (Wildman–Crippen MR) is 61.5 cm³/mol. The first-order valence-corrected chi connectivity index (χ1v) is 5.23. The number of aromatic nitrogens is 4. The molecular formula is C9H8Cl2N4O. The fraction of sp³-hybridized carbons (Fsp3) is 0.222. The van der Waals surface area contributed by atoms with Gasteiger partial charge in [-0.1, -0.05) is 23.2 Å². The monoisotopic (exact) mass is 258 g/mol. The van der Waals surface area contributed by atoms with Crippen molar-refractivity contribution in [3.63, 3.8) is 0 Å². The van der Waals surface area contributed by atoms with Crippen molar-refractivity contribution in [2.24, 2.45) is 0 Å².